The highest BCUT2D eigenvalue weighted by atomic mass is 16.2. The van der Waals surface area contributed by atoms with Gasteiger partial charge >= 0.3 is 0 Å². The first-order chi connectivity index (χ1) is 7.72. The van der Waals surface area contributed by atoms with Crippen molar-refractivity contribution in [2.75, 3.05) is 11.9 Å². The minimum absolute atomic E-state index is 0.120. The molecule has 16 heavy (non-hydrogen) atoms. The van der Waals surface area contributed by atoms with Gasteiger partial charge in [0.25, 0.3) is 0 Å². The quantitative estimate of drug-likeness (QED) is 0.775. The SMILES string of the molecule is CC(CN)C(=O)Nc1ccnc2ccnn12. The molecule has 0 fully saturated rings. The molecule has 2 rings (SSSR count). The second-order valence-corrected chi connectivity index (χ2v) is 3.56. The van der Waals surface area contributed by atoms with E-state index < -0.39 is 0 Å². The number of carbonyl (C=O) groups is 1. The number of fused-ring (bicyclic) bond motifs is 1. The smallest absolute Gasteiger partial charge is 0.229 e. The van der Waals surface area contributed by atoms with Crippen molar-refractivity contribution in [3.05, 3.63) is 24.5 Å². The van der Waals surface area contributed by atoms with E-state index in [0.29, 0.717) is 18.0 Å². The number of aromatic nitrogens is 3. The topological polar surface area (TPSA) is 85.3 Å². The third-order valence-electron chi connectivity index (χ3n) is 2.34. The Hall–Kier alpha value is -1.95. The van der Waals surface area contributed by atoms with E-state index in [0.717, 1.165) is 0 Å². The molecule has 3 N–H and O–H groups in total. The van der Waals surface area contributed by atoms with E-state index in [-0.39, 0.29) is 11.8 Å². The van der Waals surface area contributed by atoms with Crippen LogP contribution in [0.1, 0.15) is 6.92 Å². The first kappa shape index (κ1) is 10.6. The average molecular weight is 219 g/mol. The minimum Gasteiger partial charge on any atom is -0.330 e. The summed E-state index contributed by atoms with van der Waals surface area (Å²) < 4.78 is 1.57. The zero-order chi connectivity index (χ0) is 11.5. The molecule has 0 aliphatic rings. The molecule has 2 aromatic heterocycles. The predicted octanol–water partition coefficient (Wildman–Crippen LogP) is 0.263. The van der Waals surface area contributed by atoms with Crippen LogP contribution in [-0.2, 0) is 4.79 Å². The summed E-state index contributed by atoms with van der Waals surface area (Å²) in [4.78, 5) is 15.8. The molecular formula is C10H13N5O. The summed E-state index contributed by atoms with van der Waals surface area (Å²) in [6, 6.07) is 3.46. The van der Waals surface area contributed by atoms with Gasteiger partial charge in [-0.05, 0) is 6.07 Å². The zero-order valence-corrected chi connectivity index (χ0v) is 8.92. The Labute approximate surface area is 92.5 Å². The zero-order valence-electron chi connectivity index (χ0n) is 8.92. The lowest BCUT2D eigenvalue weighted by molar-refractivity contribution is -0.119. The summed E-state index contributed by atoms with van der Waals surface area (Å²) in [6.45, 7) is 2.09. The van der Waals surface area contributed by atoms with Crippen LogP contribution in [0.5, 0.6) is 0 Å². The number of nitrogens with zero attached hydrogens (tertiary/aromatic N) is 3. The van der Waals surface area contributed by atoms with Gasteiger partial charge in [0.15, 0.2) is 5.65 Å². The lowest BCUT2D eigenvalue weighted by atomic mass is 10.2. The van der Waals surface area contributed by atoms with E-state index in [4.69, 9.17) is 5.73 Å². The molecule has 0 aliphatic heterocycles. The number of amides is 1. The van der Waals surface area contributed by atoms with Gasteiger partial charge in [-0.2, -0.15) is 9.61 Å². The van der Waals surface area contributed by atoms with Crippen LogP contribution < -0.4 is 11.1 Å². The van der Waals surface area contributed by atoms with E-state index in [1.54, 1.807) is 36.0 Å². The number of nitrogens with one attached hydrogen (secondary N) is 1. The summed E-state index contributed by atoms with van der Waals surface area (Å²) in [5.41, 5.74) is 6.12. The van der Waals surface area contributed by atoms with E-state index in [9.17, 15) is 4.79 Å². The molecule has 84 valence electrons. The Morgan fingerprint density at radius 3 is 3.12 bits per heavy atom. The summed E-state index contributed by atoms with van der Waals surface area (Å²) in [6.07, 6.45) is 3.25. The van der Waals surface area contributed by atoms with Crippen LogP contribution >= 0.6 is 0 Å². The van der Waals surface area contributed by atoms with Gasteiger partial charge in [-0.15, -0.1) is 0 Å². The Morgan fingerprint density at radius 1 is 1.56 bits per heavy atom. The van der Waals surface area contributed by atoms with Gasteiger partial charge in [0.2, 0.25) is 5.91 Å². The van der Waals surface area contributed by atoms with Gasteiger partial charge < -0.3 is 11.1 Å². The fourth-order valence-electron chi connectivity index (χ4n) is 1.29. The van der Waals surface area contributed by atoms with Gasteiger partial charge in [-0.25, -0.2) is 4.98 Å². The fraction of sp³-hybridized carbons (Fsp3) is 0.300. The average Bonchev–Trinajstić information content (AvgIpc) is 2.77. The third kappa shape index (κ3) is 1.87. The summed E-state index contributed by atoms with van der Waals surface area (Å²) in [7, 11) is 0. The maximum absolute atomic E-state index is 11.7. The molecule has 1 amide bonds. The molecule has 0 saturated carbocycles. The van der Waals surface area contributed by atoms with E-state index >= 15 is 0 Å². The second kappa shape index (κ2) is 4.28. The highest BCUT2D eigenvalue weighted by Gasteiger charge is 2.12. The van der Waals surface area contributed by atoms with Crippen molar-refractivity contribution in [1.29, 1.82) is 0 Å². The van der Waals surface area contributed by atoms with Gasteiger partial charge in [0.1, 0.15) is 5.82 Å². The third-order valence-corrected chi connectivity index (χ3v) is 2.34. The normalized spacial score (nSPS) is 12.6. The molecule has 0 bridgehead atoms. The molecule has 6 nitrogen and oxygen atoms in total. The van der Waals surface area contributed by atoms with Crippen molar-refractivity contribution >= 4 is 17.4 Å². The van der Waals surface area contributed by atoms with Crippen LogP contribution in [0.15, 0.2) is 24.5 Å². The molecule has 0 aliphatic carbocycles. The van der Waals surface area contributed by atoms with Gasteiger partial charge in [0, 0.05) is 24.7 Å². The maximum Gasteiger partial charge on any atom is 0.229 e. The fourth-order valence-corrected chi connectivity index (χ4v) is 1.29. The van der Waals surface area contributed by atoms with Crippen LogP contribution in [-0.4, -0.2) is 27.0 Å². The molecular weight excluding hydrogens is 206 g/mol. The van der Waals surface area contributed by atoms with E-state index in [2.05, 4.69) is 15.4 Å². The van der Waals surface area contributed by atoms with Gasteiger partial charge in [0.05, 0.1) is 6.20 Å². The molecule has 1 atom stereocenters. The molecule has 0 saturated heterocycles. The first-order valence-electron chi connectivity index (χ1n) is 5.02. The Bertz CT molecular complexity index is 507. The number of carbonyl (C=O) groups excluding carboxylic acids is 1. The summed E-state index contributed by atoms with van der Waals surface area (Å²) in [5.74, 6) is 0.254. The van der Waals surface area contributed by atoms with Crippen molar-refractivity contribution in [2.24, 2.45) is 11.7 Å². The maximum atomic E-state index is 11.7. The summed E-state index contributed by atoms with van der Waals surface area (Å²) in [5, 5.41) is 6.83. The molecule has 1 unspecified atom stereocenters. The lowest BCUT2D eigenvalue weighted by Crippen LogP contribution is -2.27. The molecule has 0 spiro atoms. The number of hydrogen-bond acceptors (Lipinski definition) is 4. The second-order valence-electron chi connectivity index (χ2n) is 3.56. The summed E-state index contributed by atoms with van der Waals surface area (Å²) >= 11 is 0. The van der Waals surface area contributed by atoms with E-state index in [1.807, 2.05) is 0 Å². The molecule has 2 aromatic rings. The molecule has 0 radical (unpaired) electrons. The van der Waals surface area contributed by atoms with Crippen molar-refractivity contribution in [2.45, 2.75) is 6.92 Å². The minimum atomic E-state index is -0.223. The molecule has 2 heterocycles. The number of hydrogen-bond donors (Lipinski definition) is 2. The Morgan fingerprint density at radius 2 is 2.38 bits per heavy atom. The van der Waals surface area contributed by atoms with Crippen molar-refractivity contribution in [3.8, 4) is 0 Å². The molecule has 0 aromatic carbocycles. The van der Waals surface area contributed by atoms with Gasteiger partial charge in [-0.3, -0.25) is 4.79 Å². The monoisotopic (exact) mass is 219 g/mol. The largest absolute Gasteiger partial charge is 0.330 e. The van der Waals surface area contributed by atoms with Crippen molar-refractivity contribution in [3.63, 3.8) is 0 Å². The van der Waals surface area contributed by atoms with Crippen LogP contribution in [0.3, 0.4) is 0 Å². The van der Waals surface area contributed by atoms with Crippen molar-refractivity contribution < 1.29 is 4.79 Å². The van der Waals surface area contributed by atoms with Crippen LogP contribution in [0, 0.1) is 5.92 Å². The Balaban J connectivity index is 2.27. The van der Waals surface area contributed by atoms with E-state index in [1.165, 1.54) is 0 Å². The highest BCUT2D eigenvalue weighted by molar-refractivity contribution is 5.91. The predicted molar refractivity (Wildman–Crippen MR) is 59.8 cm³/mol. The Kier molecular flexibility index (Phi) is 2.82. The lowest BCUT2D eigenvalue weighted by Gasteiger charge is -2.10. The number of nitrogens with two attached hydrogens (primary N) is 1. The molecule has 6 heteroatoms. The van der Waals surface area contributed by atoms with Crippen LogP contribution in [0.2, 0.25) is 0 Å². The van der Waals surface area contributed by atoms with Gasteiger partial charge in [-0.1, -0.05) is 6.92 Å². The number of anilines is 1. The van der Waals surface area contributed by atoms with Crippen molar-refractivity contribution in [1.82, 2.24) is 14.6 Å². The highest BCUT2D eigenvalue weighted by Crippen LogP contribution is 2.09. The number of rotatable bonds is 3. The first-order valence-corrected chi connectivity index (χ1v) is 5.02. The van der Waals surface area contributed by atoms with Crippen LogP contribution in [0.25, 0.3) is 5.65 Å². The standard InChI is InChI=1S/C10H13N5O/c1-7(6-11)10(16)14-9-2-4-12-8-3-5-13-15(8)9/h2-5,7H,6,11H2,1H3,(H,14,16). The van der Waals surface area contributed by atoms with Crippen LogP contribution in [0.4, 0.5) is 5.82 Å².